The second-order valence-corrected chi connectivity index (χ2v) is 5.80. The number of amides is 2. The fourth-order valence-corrected chi connectivity index (χ4v) is 3.45. The summed E-state index contributed by atoms with van der Waals surface area (Å²) in [6, 6.07) is 0. The first-order chi connectivity index (χ1) is 10.2. The molecule has 118 valence electrons. The number of ether oxygens (including phenoxy) is 1. The smallest absolute Gasteiger partial charge is 0.232 e. The van der Waals surface area contributed by atoms with Gasteiger partial charge in [-0.1, -0.05) is 6.08 Å². The molecule has 1 saturated heterocycles. The summed E-state index contributed by atoms with van der Waals surface area (Å²) >= 11 is 0. The van der Waals surface area contributed by atoms with E-state index in [2.05, 4.69) is 11.4 Å². The number of hydrogen-bond donors (Lipinski definition) is 1. The van der Waals surface area contributed by atoms with Crippen LogP contribution in [-0.2, 0) is 14.3 Å². The van der Waals surface area contributed by atoms with E-state index in [4.69, 9.17) is 4.74 Å². The van der Waals surface area contributed by atoms with Crippen LogP contribution >= 0.6 is 0 Å². The van der Waals surface area contributed by atoms with E-state index in [0.717, 1.165) is 31.4 Å². The number of fused-ring (bicyclic) bond motifs is 1. The number of allylic oxidation sites excluding steroid dienone is 1. The maximum Gasteiger partial charge on any atom is 0.232 e. The molecule has 1 N–H and O–H groups in total. The molecule has 0 aromatic rings. The largest absolute Gasteiger partial charge is 0.385 e. The summed E-state index contributed by atoms with van der Waals surface area (Å²) in [4.78, 5) is 26.6. The minimum Gasteiger partial charge on any atom is -0.385 e. The van der Waals surface area contributed by atoms with Crippen molar-refractivity contribution in [1.82, 2.24) is 10.2 Å². The van der Waals surface area contributed by atoms with Crippen LogP contribution in [0.2, 0.25) is 0 Å². The van der Waals surface area contributed by atoms with Crippen molar-refractivity contribution in [3.63, 3.8) is 0 Å². The number of rotatable bonds is 6. The van der Waals surface area contributed by atoms with Crippen LogP contribution < -0.4 is 5.32 Å². The Morgan fingerprint density at radius 3 is 3.00 bits per heavy atom. The molecule has 5 heteroatoms. The van der Waals surface area contributed by atoms with Gasteiger partial charge in [0, 0.05) is 38.9 Å². The Balaban J connectivity index is 2.13. The van der Waals surface area contributed by atoms with Crippen LogP contribution in [0.15, 0.2) is 11.8 Å². The first kappa shape index (κ1) is 16.0. The number of piperidine rings is 1. The number of carbonyl (C=O) groups is 2. The predicted molar refractivity (Wildman–Crippen MR) is 80.5 cm³/mol. The second kappa shape index (κ2) is 7.07. The predicted octanol–water partition coefficient (Wildman–Crippen LogP) is 1.84. The van der Waals surface area contributed by atoms with Crippen LogP contribution in [0.3, 0.4) is 0 Å². The van der Waals surface area contributed by atoms with Gasteiger partial charge in [-0.15, -0.1) is 0 Å². The number of carbonyl (C=O) groups excluding carboxylic acids is 2. The summed E-state index contributed by atoms with van der Waals surface area (Å²) in [6.45, 7) is 3.89. The number of methoxy groups -OCH3 is 1. The topological polar surface area (TPSA) is 58.6 Å². The highest BCUT2D eigenvalue weighted by Gasteiger charge is 2.48. The van der Waals surface area contributed by atoms with E-state index in [1.807, 2.05) is 6.92 Å². The third-order valence-corrected chi connectivity index (χ3v) is 4.55. The Labute approximate surface area is 126 Å². The fraction of sp³-hybridized carbons (Fsp3) is 0.750. The van der Waals surface area contributed by atoms with Gasteiger partial charge in [0.1, 0.15) is 0 Å². The van der Waals surface area contributed by atoms with Gasteiger partial charge >= 0.3 is 0 Å². The van der Waals surface area contributed by atoms with E-state index in [0.29, 0.717) is 32.5 Å². The molecule has 0 bridgehead atoms. The van der Waals surface area contributed by atoms with E-state index in [1.165, 1.54) is 0 Å². The molecule has 1 atom stereocenters. The lowest BCUT2D eigenvalue weighted by Gasteiger charge is -2.45. The van der Waals surface area contributed by atoms with Crippen LogP contribution in [0.4, 0.5) is 0 Å². The Bertz CT molecular complexity index is 433. The van der Waals surface area contributed by atoms with Crippen LogP contribution in [0, 0.1) is 5.41 Å². The van der Waals surface area contributed by atoms with Crippen molar-refractivity contribution < 1.29 is 14.3 Å². The zero-order chi connectivity index (χ0) is 15.3. The molecule has 1 aliphatic carbocycles. The van der Waals surface area contributed by atoms with Crippen LogP contribution in [0.25, 0.3) is 0 Å². The zero-order valence-corrected chi connectivity index (χ0v) is 13.1. The number of hydrogen-bond acceptors (Lipinski definition) is 3. The van der Waals surface area contributed by atoms with Gasteiger partial charge in [-0.05, 0) is 39.0 Å². The van der Waals surface area contributed by atoms with Crippen molar-refractivity contribution in [3.05, 3.63) is 11.8 Å². The van der Waals surface area contributed by atoms with Crippen molar-refractivity contribution in [2.24, 2.45) is 5.41 Å². The van der Waals surface area contributed by atoms with Gasteiger partial charge in [-0.2, -0.15) is 0 Å². The van der Waals surface area contributed by atoms with Crippen molar-refractivity contribution >= 4 is 11.8 Å². The molecule has 2 rings (SSSR count). The Morgan fingerprint density at radius 1 is 1.48 bits per heavy atom. The van der Waals surface area contributed by atoms with Crippen LogP contribution in [0.5, 0.6) is 0 Å². The highest BCUT2D eigenvalue weighted by Crippen LogP contribution is 2.46. The van der Waals surface area contributed by atoms with Crippen LogP contribution in [-0.4, -0.2) is 43.5 Å². The number of nitrogens with one attached hydrogen (secondary N) is 1. The Hall–Kier alpha value is -1.36. The summed E-state index contributed by atoms with van der Waals surface area (Å²) in [5, 5.41) is 3.04. The van der Waals surface area contributed by atoms with Gasteiger partial charge < -0.3 is 15.0 Å². The summed E-state index contributed by atoms with van der Waals surface area (Å²) in [7, 11) is 1.66. The van der Waals surface area contributed by atoms with E-state index < -0.39 is 5.41 Å². The molecular weight excluding hydrogens is 268 g/mol. The van der Waals surface area contributed by atoms with Crippen molar-refractivity contribution in [3.8, 4) is 0 Å². The zero-order valence-electron chi connectivity index (χ0n) is 13.1. The number of nitrogens with zero attached hydrogens (tertiary/aromatic N) is 1. The average Bonchev–Trinajstić information content (AvgIpc) is 2.51. The minimum absolute atomic E-state index is 0.0792. The standard InChI is InChI=1S/C16H26N2O3/c1-3-18-13-7-4-5-9-16(13,10-8-14(18)19)15(20)17-11-6-12-21-2/h7H,3-6,8-12H2,1-2H3,(H,17,20). The maximum absolute atomic E-state index is 12.8. The summed E-state index contributed by atoms with van der Waals surface area (Å²) in [5.41, 5.74) is 0.451. The highest BCUT2D eigenvalue weighted by atomic mass is 16.5. The summed E-state index contributed by atoms with van der Waals surface area (Å²) < 4.78 is 5.01. The molecule has 1 fully saturated rings. The first-order valence-electron chi connectivity index (χ1n) is 7.94. The molecule has 2 amide bonds. The van der Waals surface area contributed by atoms with E-state index >= 15 is 0 Å². The molecule has 0 spiro atoms. The molecule has 21 heavy (non-hydrogen) atoms. The molecule has 0 radical (unpaired) electrons. The lowest BCUT2D eigenvalue weighted by Crippen LogP contribution is -2.53. The molecule has 0 saturated carbocycles. The van der Waals surface area contributed by atoms with Crippen molar-refractivity contribution in [1.29, 1.82) is 0 Å². The number of likely N-dealkylation sites (tertiary alicyclic amines) is 1. The molecule has 2 aliphatic rings. The van der Waals surface area contributed by atoms with Gasteiger partial charge in [-0.25, -0.2) is 0 Å². The normalized spacial score (nSPS) is 25.3. The van der Waals surface area contributed by atoms with Crippen molar-refractivity contribution in [2.75, 3.05) is 26.8 Å². The lowest BCUT2D eigenvalue weighted by molar-refractivity contribution is -0.140. The quantitative estimate of drug-likeness (QED) is 0.760. The molecule has 1 aliphatic heterocycles. The lowest BCUT2D eigenvalue weighted by atomic mass is 9.69. The van der Waals surface area contributed by atoms with Gasteiger partial charge in [0.25, 0.3) is 0 Å². The Kier molecular flexibility index (Phi) is 5.39. The third kappa shape index (κ3) is 3.12. The first-order valence-corrected chi connectivity index (χ1v) is 7.94. The molecule has 5 nitrogen and oxygen atoms in total. The summed E-state index contributed by atoms with van der Waals surface area (Å²) in [5.74, 6) is 0.226. The molecule has 0 aromatic carbocycles. The van der Waals surface area contributed by atoms with E-state index in [9.17, 15) is 9.59 Å². The van der Waals surface area contributed by atoms with Gasteiger partial charge in [-0.3, -0.25) is 9.59 Å². The van der Waals surface area contributed by atoms with E-state index in [-0.39, 0.29) is 11.8 Å². The maximum atomic E-state index is 12.8. The fourth-order valence-electron chi connectivity index (χ4n) is 3.45. The minimum atomic E-state index is -0.491. The Morgan fingerprint density at radius 2 is 2.29 bits per heavy atom. The SMILES string of the molecule is CCN1C(=O)CCC2(C(=O)NCCCOC)CCCC=C12. The van der Waals surface area contributed by atoms with Gasteiger partial charge in [0.05, 0.1) is 5.41 Å². The molecular formula is C16H26N2O3. The molecule has 1 unspecified atom stereocenters. The van der Waals surface area contributed by atoms with Crippen LogP contribution in [0.1, 0.15) is 45.4 Å². The average molecular weight is 294 g/mol. The molecule has 1 heterocycles. The third-order valence-electron chi connectivity index (χ3n) is 4.55. The monoisotopic (exact) mass is 294 g/mol. The van der Waals surface area contributed by atoms with E-state index in [1.54, 1.807) is 12.0 Å². The molecule has 0 aromatic heterocycles. The van der Waals surface area contributed by atoms with Gasteiger partial charge in [0.2, 0.25) is 11.8 Å². The summed E-state index contributed by atoms with van der Waals surface area (Å²) in [6.07, 6.45) is 6.84. The highest BCUT2D eigenvalue weighted by molar-refractivity contribution is 5.91. The second-order valence-electron chi connectivity index (χ2n) is 5.80. The van der Waals surface area contributed by atoms with Gasteiger partial charge in [0.15, 0.2) is 0 Å². The van der Waals surface area contributed by atoms with Crippen molar-refractivity contribution in [2.45, 2.75) is 45.4 Å².